The number of nitrogens with one attached hydrogen (secondary N) is 1. The van der Waals surface area contributed by atoms with Gasteiger partial charge in [-0.05, 0) is 77.8 Å². The number of anilines is 2. The van der Waals surface area contributed by atoms with Gasteiger partial charge in [-0.2, -0.15) is 18.2 Å². The first-order valence-corrected chi connectivity index (χ1v) is 18.9. The molecule has 3 aromatic carbocycles. The predicted molar refractivity (Wildman–Crippen MR) is 205 cm³/mol. The molecule has 3 fully saturated rings. The quantitative estimate of drug-likeness (QED) is 0.106. The van der Waals surface area contributed by atoms with Gasteiger partial charge in [0.05, 0.1) is 46.0 Å². The van der Waals surface area contributed by atoms with Crippen LogP contribution in [0.3, 0.4) is 0 Å². The lowest BCUT2D eigenvalue weighted by atomic mass is 9.49. The van der Waals surface area contributed by atoms with E-state index in [2.05, 4.69) is 10.4 Å². The first-order valence-electron chi connectivity index (χ1n) is 18.2. The fraction of sp³-hybridized carbons (Fsp3) is 0.275. The number of benzene rings is 3. The number of hydrogen-bond acceptors (Lipinski definition) is 10. The Hall–Kier alpha value is -5.26. The highest BCUT2D eigenvalue weighted by molar-refractivity contribution is 6.58. The minimum absolute atomic E-state index is 0.0107. The molecule has 1 aromatic heterocycles. The Morgan fingerprint density at radius 2 is 1.66 bits per heavy atom. The number of alkyl halides is 3. The van der Waals surface area contributed by atoms with Gasteiger partial charge in [-0.15, -0.1) is 0 Å². The van der Waals surface area contributed by atoms with Gasteiger partial charge in [0, 0.05) is 17.1 Å². The third-order valence-electron chi connectivity index (χ3n) is 11.6. The van der Waals surface area contributed by atoms with E-state index in [4.69, 9.17) is 27.9 Å². The molecule has 0 spiro atoms. The van der Waals surface area contributed by atoms with E-state index < -0.39 is 82.5 Å². The Balaban J connectivity index is 1.29. The molecule has 3 heterocycles. The Labute approximate surface area is 338 Å². The van der Waals surface area contributed by atoms with Crippen molar-refractivity contribution in [3.63, 3.8) is 0 Å². The summed E-state index contributed by atoms with van der Waals surface area (Å²) in [5.41, 5.74) is 1.47. The number of aliphatic hydroxyl groups is 1. The van der Waals surface area contributed by atoms with Gasteiger partial charge in [0.1, 0.15) is 12.4 Å². The summed E-state index contributed by atoms with van der Waals surface area (Å²) in [6.07, 6.45) is -2.40. The average Bonchev–Trinajstić information content (AvgIpc) is 3.58. The van der Waals surface area contributed by atoms with Crippen LogP contribution in [-0.2, 0) is 30.8 Å². The van der Waals surface area contributed by atoms with Crippen molar-refractivity contribution in [3.05, 3.63) is 123 Å². The number of pyridine rings is 1. The molecule has 1 saturated carbocycles. The molecule has 2 aliphatic carbocycles. The number of ether oxygens (including phenoxy) is 1. The molecule has 18 heteroatoms. The van der Waals surface area contributed by atoms with Crippen molar-refractivity contribution in [2.24, 2.45) is 23.7 Å². The molecule has 0 radical (unpaired) electrons. The van der Waals surface area contributed by atoms with Gasteiger partial charge in [0.25, 0.3) is 11.8 Å². The molecule has 8 rings (SSSR count). The van der Waals surface area contributed by atoms with Crippen LogP contribution in [0.2, 0.25) is 10.0 Å². The molecule has 12 nitrogen and oxygen atoms in total. The van der Waals surface area contributed by atoms with Gasteiger partial charge in [-0.1, -0.05) is 71.2 Å². The lowest BCUT2D eigenvalue weighted by Gasteiger charge is -2.50. The molecule has 4 N–H and O–H groups in total. The van der Waals surface area contributed by atoms with E-state index in [9.17, 15) is 42.7 Å². The first kappa shape index (κ1) is 39.6. The number of allylic oxidation sites excluding steroid dienone is 2. The molecule has 6 unspecified atom stereocenters. The second kappa shape index (κ2) is 14.8. The third kappa shape index (κ3) is 6.34. The number of aliphatic hydroxyl groups excluding tert-OH is 1. The summed E-state index contributed by atoms with van der Waals surface area (Å²) in [4.78, 5) is 63.7. The second-order valence-electron chi connectivity index (χ2n) is 14.5. The van der Waals surface area contributed by atoms with E-state index in [0.29, 0.717) is 44.7 Å². The van der Waals surface area contributed by atoms with Crippen molar-refractivity contribution in [2.75, 3.05) is 23.5 Å². The standard InChI is InChI=1S/C40H32BCl2F3N4O8/c42-24-8-6-21(7-9-24)39-30(36(53)50(38(39)55)48-34-31(43)16-22(19-47-34)40(44,45)46)18-29-27(33(39)20-4-10-26(11-5-20)58-15-14-51)12-13-28-32(29)37(54)49(35(28)52)25-3-1-2-23(17-25)41(56)57/h1-12,16-17,19,28-30,32-33,51,56-57H,13-15,18H2,(H,47,48). The number of imide groups is 2. The van der Waals surface area contributed by atoms with Crippen LogP contribution in [-0.4, -0.2) is 69.1 Å². The van der Waals surface area contributed by atoms with E-state index in [1.165, 1.54) is 24.3 Å². The number of hydrazine groups is 1. The summed E-state index contributed by atoms with van der Waals surface area (Å²) < 4.78 is 46.1. The molecule has 2 aliphatic heterocycles. The highest BCUT2D eigenvalue weighted by atomic mass is 35.5. The number of carbonyl (C=O) groups is 4. The maximum Gasteiger partial charge on any atom is 0.488 e. The number of nitrogens with zero attached hydrogens (tertiary/aromatic N) is 3. The molecule has 4 aliphatic rings. The lowest BCUT2D eigenvalue weighted by Crippen LogP contribution is -2.53. The predicted octanol–water partition coefficient (Wildman–Crippen LogP) is 4.65. The summed E-state index contributed by atoms with van der Waals surface area (Å²) in [5, 5.41) is 29.5. The van der Waals surface area contributed by atoms with Gasteiger partial charge < -0.3 is 19.9 Å². The highest BCUT2D eigenvalue weighted by Crippen LogP contribution is 2.64. The summed E-state index contributed by atoms with van der Waals surface area (Å²) in [7, 11) is -1.86. The van der Waals surface area contributed by atoms with Crippen molar-refractivity contribution in [1.29, 1.82) is 0 Å². The maximum atomic E-state index is 15.3. The summed E-state index contributed by atoms with van der Waals surface area (Å²) in [6.45, 7) is -0.231. The highest BCUT2D eigenvalue weighted by Gasteiger charge is 2.70. The zero-order valence-electron chi connectivity index (χ0n) is 30.1. The van der Waals surface area contributed by atoms with Gasteiger partial charge in [-0.25, -0.2) is 4.98 Å². The van der Waals surface area contributed by atoms with Gasteiger partial charge in [-0.3, -0.25) is 29.5 Å². The Kier molecular flexibility index (Phi) is 10.1. The summed E-state index contributed by atoms with van der Waals surface area (Å²) >= 11 is 12.6. The van der Waals surface area contributed by atoms with E-state index >= 15 is 4.79 Å². The van der Waals surface area contributed by atoms with Crippen LogP contribution in [0, 0.1) is 23.7 Å². The monoisotopic (exact) mass is 834 g/mol. The molecule has 298 valence electrons. The number of rotatable bonds is 9. The Bertz CT molecular complexity index is 2370. The fourth-order valence-corrected chi connectivity index (χ4v) is 9.49. The fourth-order valence-electron chi connectivity index (χ4n) is 9.16. The van der Waals surface area contributed by atoms with Crippen molar-refractivity contribution in [3.8, 4) is 5.75 Å². The molecule has 2 saturated heterocycles. The van der Waals surface area contributed by atoms with E-state index in [0.717, 1.165) is 4.90 Å². The molecular formula is C40H32BCl2F3N4O8. The van der Waals surface area contributed by atoms with Gasteiger partial charge in [0.15, 0.2) is 5.82 Å². The molecule has 6 atom stereocenters. The van der Waals surface area contributed by atoms with Crippen LogP contribution in [0.25, 0.3) is 0 Å². The van der Waals surface area contributed by atoms with Gasteiger partial charge in [0.2, 0.25) is 11.8 Å². The summed E-state index contributed by atoms with van der Waals surface area (Å²) in [6, 6.07) is 19.5. The Morgan fingerprint density at radius 1 is 0.931 bits per heavy atom. The van der Waals surface area contributed by atoms with Crippen LogP contribution in [0.15, 0.2) is 96.7 Å². The van der Waals surface area contributed by atoms with Crippen molar-refractivity contribution < 1.29 is 52.2 Å². The zero-order valence-corrected chi connectivity index (χ0v) is 31.6. The molecule has 0 bridgehead atoms. The molecule has 4 aromatic rings. The van der Waals surface area contributed by atoms with Crippen LogP contribution >= 0.6 is 23.2 Å². The molecule has 4 amide bonds. The smallest absolute Gasteiger partial charge is 0.488 e. The maximum absolute atomic E-state index is 15.3. The SMILES string of the molecule is O=C1C2CC3C(=CCC4C(=O)N(c5cccc(B(O)O)c5)C(=O)C43)C(c3ccc(OCCO)cc3)C2(c2ccc(Cl)cc2)C(=O)N1Nc1ncc(C(F)(F)F)cc1Cl. The van der Waals surface area contributed by atoms with E-state index in [1.54, 1.807) is 48.5 Å². The Morgan fingerprint density at radius 3 is 2.31 bits per heavy atom. The van der Waals surface area contributed by atoms with E-state index in [-0.39, 0.29) is 43.0 Å². The summed E-state index contributed by atoms with van der Waals surface area (Å²) in [5.74, 6) is -7.38. The van der Waals surface area contributed by atoms with Crippen molar-refractivity contribution >= 4 is 70.9 Å². The molecular weight excluding hydrogens is 803 g/mol. The molecule has 58 heavy (non-hydrogen) atoms. The number of carbonyl (C=O) groups excluding carboxylic acids is 4. The van der Waals surface area contributed by atoms with Gasteiger partial charge >= 0.3 is 13.3 Å². The van der Waals surface area contributed by atoms with E-state index in [1.807, 2.05) is 6.08 Å². The second-order valence-corrected chi connectivity index (χ2v) is 15.4. The average molecular weight is 835 g/mol. The minimum Gasteiger partial charge on any atom is -0.491 e. The van der Waals surface area contributed by atoms with Crippen LogP contribution < -0.4 is 20.5 Å². The normalized spacial score (nSPS) is 25.3. The zero-order chi connectivity index (χ0) is 41.3. The largest absolute Gasteiger partial charge is 0.491 e. The van der Waals surface area contributed by atoms with Crippen molar-refractivity contribution in [1.82, 2.24) is 9.99 Å². The minimum atomic E-state index is -4.77. The first-order chi connectivity index (χ1) is 27.7. The number of halogens is 5. The number of fused-ring (bicyclic) bond motifs is 4. The van der Waals surface area contributed by atoms with Crippen molar-refractivity contribution in [2.45, 2.75) is 30.4 Å². The number of hydrogen-bond donors (Lipinski definition) is 4. The number of amides is 4. The topological polar surface area (TPSA) is 170 Å². The number of aromatic nitrogens is 1. The van der Waals surface area contributed by atoms with Crippen LogP contribution in [0.5, 0.6) is 5.75 Å². The lowest BCUT2D eigenvalue weighted by molar-refractivity contribution is -0.139. The third-order valence-corrected chi connectivity index (χ3v) is 12.1. The van der Waals surface area contributed by atoms with Crippen LogP contribution in [0.4, 0.5) is 24.7 Å². The van der Waals surface area contributed by atoms with Crippen LogP contribution in [0.1, 0.15) is 35.4 Å².